The predicted octanol–water partition coefficient (Wildman–Crippen LogP) is 23.2. The van der Waals surface area contributed by atoms with E-state index in [1.807, 2.05) is 27.7 Å². The van der Waals surface area contributed by atoms with Crippen molar-refractivity contribution >= 4 is 49.9 Å². The van der Waals surface area contributed by atoms with Gasteiger partial charge in [-0.05, 0) is 211 Å². The molecule has 1 atom stereocenters. The molecule has 0 amide bonds. The molecule has 0 N–H and O–H groups in total. The van der Waals surface area contributed by atoms with Crippen LogP contribution in [0.25, 0.3) is 72.2 Å². The van der Waals surface area contributed by atoms with Crippen molar-refractivity contribution in [2.45, 2.75) is 121 Å². The summed E-state index contributed by atoms with van der Waals surface area (Å²) in [6.45, 7) is 28.9. The summed E-state index contributed by atoms with van der Waals surface area (Å²) in [6, 6.07) is 60.2. The summed E-state index contributed by atoms with van der Waals surface area (Å²) in [5.74, 6) is 0.506. The van der Waals surface area contributed by atoms with E-state index in [-0.39, 0.29) is 0 Å². The van der Waals surface area contributed by atoms with E-state index in [9.17, 15) is 0 Å². The summed E-state index contributed by atoms with van der Waals surface area (Å²) in [6.07, 6.45) is 22.7. The van der Waals surface area contributed by atoms with E-state index >= 15 is 0 Å². The van der Waals surface area contributed by atoms with Crippen molar-refractivity contribution < 1.29 is 0 Å². The van der Waals surface area contributed by atoms with E-state index < -0.39 is 0 Å². The van der Waals surface area contributed by atoms with Crippen LogP contribution in [0.2, 0.25) is 0 Å². The van der Waals surface area contributed by atoms with Gasteiger partial charge in [0.05, 0.1) is 0 Å². The third-order valence-corrected chi connectivity index (χ3v) is 15.7. The third kappa shape index (κ3) is 11.9. The number of hydrogen-bond donors (Lipinski definition) is 0. The third-order valence-electron chi connectivity index (χ3n) is 15.7. The molecular formula is C78H82. The number of allylic oxidation sites excluding steroid dienone is 14. The van der Waals surface area contributed by atoms with Crippen LogP contribution in [0.1, 0.15) is 157 Å². The van der Waals surface area contributed by atoms with Gasteiger partial charge in [-0.3, -0.25) is 0 Å². The molecule has 3 aliphatic carbocycles. The lowest BCUT2D eigenvalue weighted by atomic mass is 9.80. The van der Waals surface area contributed by atoms with Gasteiger partial charge < -0.3 is 0 Å². The Bertz CT molecular complexity index is 3640. The number of rotatable bonds is 11. The molecule has 0 saturated heterocycles. The maximum absolute atomic E-state index is 4.92. The summed E-state index contributed by atoms with van der Waals surface area (Å²) in [4.78, 5) is 0. The van der Waals surface area contributed by atoms with Gasteiger partial charge in [0, 0.05) is 5.92 Å². The molecule has 0 heteroatoms. The van der Waals surface area contributed by atoms with Crippen LogP contribution in [0.15, 0.2) is 229 Å². The van der Waals surface area contributed by atoms with Gasteiger partial charge in [-0.25, -0.2) is 0 Å². The molecular weight excluding hydrogens is 937 g/mol. The van der Waals surface area contributed by atoms with Gasteiger partial charge in [0.1, 0.15) is 0 Å². The van der Waals surface area contributed by atoms with Gasteiger partial charge in [0.25, 0.3) is 0 Å². The summed E-state index contributed by atoms with van der Waals surface area (Å²) >= 11 is 0. The van der Waals surface area contributed by atoms with Crippen LogP contribution in [-0.4, -0.2) is 0 Å². The molecule has 0 fully saturated rings. The monoisotopic (exact) mass is 1020 g/mol. The molecule has 8 aromatic carbocycles. The highest BCUT2D eigenvalue weighted by Crippen LogP contribution is 2.47. The van der Waals surface area contributed by atoms with Gasteiger partial charge in [0.15, 0.2) is 0 Å². The molecule has 11 rings (SSSR count). The molecule has 0 nitrogen and oxygen atoms in total. The summed E-state index contributed by atoms with van der Waals surface area (Å²) < 4.78 is 0. The van der Waals surface area contributed by atoms with Crippen LogP contribution in [0.4, 0.5) is 0 Å². The Morgan fingerprint density at radius 2 is 1.22 bits per heavy atom. The van der Waals surface area contributed by atoms with Crippen LogP contribution >= 0.6 is 0 Å². The van der Waals surface area contributed by atoms with Crippen LogP contribution < -0.4 is 0 Å². The Kier molecular flexibility index (Phi) is 19.2. The number of aryl methyl sites for hydroxylation is 2. The molecule has 0 saturated carbocycles. The lowest BCUT2D eigenvalue weighted by molar-refractivity contribution is 0.957. The Hall–Kier alpha value is -7.80. The largest absolute Gasteiger partial charge is 0.0909 e. The van der Waals surface area contributed by atoms with Crippen LogP contribution in [0.5, 0.6) is 0 Å². The topological polar surface area (TPSA) is 0 Å². The van der Waals surface area contributed by atoms with E-state index in [2.05, 4.69) is 255 Å². The summed E-state index contributed by atoms with van der Waals surface area (Å²) in [5, 5.41) is 5.38. The fourth-order valence-corrected chi connectivity index (χ4v) is 11.9. The highest BCUT2D eigenvalue weighted by atomic mass is 14.3. The van der Waals surface area contributed by atoms with Crippen molar-refractivity contribution in [3.05, 3.63) is 279 Å². The number of hydrogen-bond acceptors (Lipinski definition) is 0. The van der Waals surface area contributed by atoms with E-state index in [0.29, 0.717) is 5.92 Å². The molecule has 0 aromatic heterocycles. The van der Waals surface area contributed by atoms with Gasteiger partial charge >= 0.3 is 0 Å². The quantitative estimate of drug-likeness (QED) is 0.0895. The SMILES string of the molecule is C=C(/C(C)=C(\C(=C(C)C)/C(=C/C(=C\CC)c1ccccc1)CC)c1ccc(C2=CCCC=C2)cc1)c1cc2c3c(c4ccccc4c2cc1C)CCC=C3.CC.CC.CC1c2ccccc2-c2cc(-c3ccccc3)ccc21. The van der Waals surface area contributed by atoms with Crippen LogP contribution in [0.3, 0.4) is 0 Å². The predicted molar refractivity (Wildman–Crippen MR) is 347 cm³/mol. The molecule has 0 bridgehead atoms. The highest BCUT2D eigenvalue weighted by molar-refractivity contribution is 6.14. The molecule has 1 unspecified atom stereocenters. The first-order valence-corrected chi connectivity index (χ1v) is 29.1. The maximum Gasteiger partial charge on any atom is 0.00733 e. The fourth-order valence-electron chi connectivity index (χ4n) is 11.9. The Morgan fingerprint density at radius 1 is 0.577 bits per heavy atom. The standard InChI is InChI=1S/C54H54.C20H16.2C2H6/c1-8-20-45(42-23-14-11-15-24-42)34-40(9-2)53(36(3)4)54(44-31-29-43(30-32-44)41-21-12-10-13-22-41)39(7)38(6)50-35-52-49-28-19-17-26-47(49)46-25-16-18-27-48(46)51(52)33-37(50)5;1-14-17-9-5-6-10-19(17)20-13-16(11-12-18(14)20)15-7-3-2-4-8-15;2*1-2/h11-12,14-16,18-25,27-35H,6,8-10,13,17,26H2,1-5,7H3;2-14H,1H3;2*1-2H3/b40-34+,45-20+,54-39-;;;. The van der Waals surface area contributed by atoms with E-state index in [4.69, 9.17) is 6.58 Å². The second-order valence-corrected chi connectivity index (χ2v) is 20.6. The van der Waals surface area contributed by atoms with Crippen molar-refractivity contribution in [1.82, 2.24) is 0 Å². The Labute approximate surface area is 469 Å². The molecule has 3 aliphatic rings. The lowest BCUT2D eigenvalue weighted by Gasteiger charge is -2.24. The average molecular weight is 1020 g/mol. The number of benzene rings is 8. The van der Waals surface area contributed by atoms with Crippen LogP contribution in [0, 0.1) is 6.92 Å². The van der Waals surface area contributed by atoms with Crippen molar-refractivity contribution in [3.63, 3.8) is 0 Å². The zero-order chi connectivity index (χ0) is 55.3. The van der Waals surface area contributed by atoms with Gasteiger partial charge in [-0.1, -0.05) is 255 Å². The smallest absolute Gasteiger partial charge is 0.00733 e. The van der Waals surface area contributed by atoms with Gasteiger partial charge in [0.2, 0.25) is 0 Å². The second kappa shape index (κ2) is 26.5. The second-order valence-electron chi connectivity index (χ2n) is 20.6. The summed E-state index contributed by atoms with van der Waals surface area (Å²) in [5.41, 5.74) is 27.4. The maximum atomic E-state index is 4.92. The first-order valence-electron chi connectivity index (χ1n) is 29.1. The average Bonchev–Trinajstić information content (AvgIpc) is 3.97. The van der Waals surface area contributed by atoms with Crippen molar-refractivity contribution in [2.75, 3.05) is 0 Å². The molecule has 8 aromatic rings. The van der Waals surface area contributed by atoms with Gasteiger partial charge in [-0.15, -0.1) is 0 Å². The highest BCUT2D eigenvalue weighted by Gasteiger charge is 2.26. The van der Waals surface area contributed by atoms with E-state index in [1.54, 1.807) is 0 Å². The zero-order valence-corrected chi connectivity index (χ0v) is 48.7. The Morgan fingerprint density at radius 3 is 1.90 bits per heavy atom. The lowest BCUT2D eigenvalue weighted by Crippen LogP contribution is -2.03. The minimum absolute atomic E-state index is 0.506. The van der Waals surface area contributed by atoms with Gasteiger partial charge in [-0.2, -0.15) is 0 Å². The molecule has 394 valence electrons. The Balaban J connectivity index is 0.000000276. The molecule has 0 spiro atoms. The van der Waals surface area contributed by atoms with E-state index in [1.165, 1.54) is 133 Å². The normalized spacial score (nSPS) is 14.5. The molecule has 0 radical (unpaired) electrons. The first kappa shape index (κ1) is 56.4. The van der Waals surface area contributed by atoms with Crippen molar-refractivity contribution in [1.29, 1.82) is 0 Å². The minimum Gasteiger partial charge on any atom is -0.0909 e. The fraction of sp³-hybridized carbons (Fsp3) is 0.231. The molecule has 0 heterocycles. The van der Waals surface area contributed by atoms with Crippen molar-refractivity contribution in [2.24, 2.45) is 0 Å². The first-order chi connectivity index (χ1) is 38.1. The van der Waals surface area contributed by atoms with Crippen molar-refractivity contribution in [3.8, 4) is 22.3 Å². The number of fused-ring (bicyclic) bond motifs is 9. The van der Waals surface area contributed by atoms with E-state index in [0.717, 1.165) is 44.1 Å². The molecule has 78 heavy (non-hydrogen) atoms. The van der Waals surface area contributed by atoms with Crippen LogP contribution in [-0.2, 0) is 6.42 Å². The molecule has 0 aliphatic heterocycles. The minimum atomic E-state index is 0.506. The zero-order valence-electron chi connectivity index (χ0n) is 48.7. The summed E-state index contributed by atoms with van der Waals surface area (Å²) in [7, 11) is 0.